The third-order valence-corrected chi connectivity index (χ3v) is 2.48. The molecule has 0 bridgehead atoms. The quantitative estimate of drug-likeness (QED) is 0.630. The second-order valence-corrected chi connectivity index (χ2v) is 4.06. The Bertz CT molecular complexity index is 136. The maximum atomic E-state index is 5.70. The minimum absolute atomic E-state index is 0.0585. The van der Waals surface area contributed by atoms with E-state index in [9.17, 15) is 0 Å². The van der Waals surface area contributed by atoms with Crippen LogP contribution in [0, 0.1) is 0 Å². The van der Waals surface area contributed by atoms with Gasteiger partial charge in [-0.1, -0.05) is 40.0 Å². The first kappa shape index (κ1) is 13.1. The highest BCUT2D eigenvalue weighted by molar-refractivity contribution is 6.73. The van der Waals surface area contributed by atoms with E-state index in [-0.39, 0.29) is 21.4 Å². The van der Waals surface area contributed by atoms with Crippen LogP contribution in [0.1, 0.15) is 40.0 Å². The second kappa shape index (κ2) is 7.36. The zero-order valence-electron chi connectivity index (χ0n) is 10.2. The van der Waals surface area contributed by atoms with Crippen molar-refractivity contribution in [1.29, 1.82) is 0 Å². The summed E-state index contributed by atoms with van der Waals surface area (Å²) in [6.07, 6.45) is 6.14. The Morgan fingerprint density at radius 2 is 0.867 bits per heavy atom. The SMILES string of the molecule is CCCB1OB(CCC)OB(CCC)O1. The monoisotopic (exact) mass is 210 g/mol. The normalized spacial score (nSPS) is 17.4. The highest BCUT2D eigenvalue weighted by Crippen LogP contribution is 2.18. The molecule has 1 aliphatic heterocycles. The van der Waals surface area contributed by atoms with Gasteiger partial charge in [-0.2, -0.15) is 0 Å². The molecule has 84 valence electrons. The molecule has 0 spiro atoms. The lowest BCUT2D eigenvalue weighted by atomic mass is 9.64. The molecule has 0 atom stereocenters. The zero-order chi connectivity index (χ0) is 11.1. The predicted molar refractivity (Wildman–Crippen MR) is 65.8 cm³/mol. The van der Waals surface area contributed by atoms with Crippen molar-refractivity contribution >= 4 is 21.4 Å². The third kappa shape index (κ3) is 4.62. The molecule has 1 rings (SSSR count). The lowest BCUT2D eigenvalue weighted by Gasteiger charge is -2.30. The van der Waals surface area contributed by atoms with Crippen LogP contribution in [0.4, 0.5) is 0 Å². The van der Waals surface area contributed by atoms with Gasteiger partial charge in [0.25, 0.3) is 0 Å². The molecular formula is C9H21B3O3. The lowest BCUT2D eigenvalue weighted by Crippen LogP contribution is -2.48. The summed E-state index contributed by atoms with van der Waals surface area (Å²) >= 11 is 0. The van der Waals surface area contributed by atoms with Gasteiger partial charge in [0.05, 0.1) is 0 Å². The van der Waals surface area contributed by atoms with Crippen LogP contribution in [0.25, 0.3) is 0 Å². The summed E-state index contributed by atoms with van der Waals surface area (Å²) in [4.78, 5) is 0. The van der Waals surface area contributed by atoms with Gasteiger partial charge in [0.15, 0.2) is 0 Å². The Balaban J connectivity index is 2.40. The molecule has 0 aromatic rings. The van der Waals surface area contributed by atoms with Gasteiger partial charge in [-0.15, -0.1) is 0 Å². The zero-order valence-corrected chi connectivity index (χ0v) is 10.2. The molecule has 1 fully saturated rings. The highest BCUT2D eigenvalue weighted by Gasteiger charge is 2.38. The Morgan fingerprint density at radius 3 is 1.07 bits per heavy atom. The minimum atomic E-state index is -0.0585. The van der Waals surface area contributed by atoms with Crippen LogP contribution in [-0.4, -0.2) is 21.4 Å². The van der Waals surface area contributed by atoms with Gasteiger partial charge < -0.3 is 13.7 Å². The molecule has 0 aliphatic carbocycles. The van der Waals surface area contributed by atoms with E-state index in [1.807, 2.05) is 0 Å². The fourth-order valence-corrected chi connectivity index (χ4v) is 1.72. The molecule has 0 N–H and O–H groups in total. The van der Waals surface area contributed by atoms with Crippen LogP contribution in [0.15, 0.2) is 0 Å². The summed E-state index contributed by atoms with van der Waals surface area (Å²) in [5, 5.41) is 0. The fraction of sp³-hybridized carbons (Fsp3) is 1.00. The summed E-state index contributed by atoms with van der Waals surface area (Å²) in [6.45, 7) is 6.43. The first-order valence-corrected chi connectivity index (χ1v) is 6.26. The van der Waals surface area contributed by atoms with E-state index >= 15 is 0 Å². The molecule has 1 heterocycles. The van der Waals surface area contributed by atoms with Crippen LogP contribution in [0.2, 0.25) is 19.0 Å². The van der Waals surface area contributed by atoms with Crippen molar-refractivity contribution in [1.82, 2.24) is 0 Å². The van der Waals surface area contributed by atoms with E-state index in [0.29, 0.717) is 0 Å². The van der Waals surface area contributed by atoms with Gasteiger partial charge in [0, 0.05) is 0 Å². The number of rotatable bonds is 6. The Morgan fingerprint density at radius 1 is 0.600 bits per heavy atom. The Hall–Kier alpha value is 0.0748. The van der Waals surface area contributed by atoms with Gasteiger partial charge in [0.1, 0.15) is 0 Å². The highest BCUT2D eigenvalue weighted by atomic mass is 16.7. The van der Waals surface area contributed by atoms with Gasteiger partial charge in [-0.3, -0.25) is 0 Å². The molecule has 3 nitrogen and oxygen atoms in total. The van der Waals surface area contributed by atoms with E-state index < -0.39 is 0 Å². The topological polar surface area (TPSA) is 27.7 Å². The smallest absolute Gasteiger partial charge is 0.429 e. The molecule has 6 heteroatoms. The maximum Gasteiger partial charge on any atom is 0.429 e. The Kier molecular flexibility index (Phi) is 6.45. The van der Waals surface area contributed by atoms with Crippen molar-refractivity contribution in [3.8, 4) is 0 Å². The van der Waals surface area contributed by atoms with Gasteiger partial charge in [-0.25, -0.2) is 0 Å². The van der Waals surface area contributed by atoms with Crippen molar-refractivity contribution in [3.05, 3.63) is 0 Å². The van der Waals surface area contributed by atoms with Crippen molar-refractivity contribution in [3.63, 3.8) is 0 Å². The molecule has 0 amide bonds. The number of hydrogen-bond donors (Lipinski definition) is 0. The standard InChI is InChI=1S/C9H21B3O3/c1-4-7-10-13-11(8-5-2)15-12(14-10)9-6-3/h4-9H2,1-3H3. The van der Waals surface area contributed by atoms with Crippen LogP contribution < -0.4 is 0 Å². The average Bonchev–Trinajstić information content (AvgIpc) is 2.19. The molecule has 0 unspecified atom stereocenters. The van der Waals surface area contributed by atoms with E-state index in [4.69, 9.17) is 13.7 Å². The largest absolute Gasteiger partial charge is 0.453 e. The third-order valence-electron chi connectivity index (χ3n) is 2.48. The molecule has 0 radical (unpaired) electrons. The predicted octanol–water partition coefficient (Wildman–Crippen LogP) is 2.74. The van der Waals surface area contributed by atoms with E-state index in [1.54, 1.807) is 0 Å². The summed E-state index contributed by atoms with van der Waals surface area (Å²) in [7, 11) is -0.175. The van der Waals surface area contributed by atoms with Crippen molar-refractivity contribution in [2.75, 3.05) is 0 Å². The molecular weight excluding hydrogens is 189 g/mol. The van der Waals surface area contributed by atoms with Crippen LogP contribution in [0.3, 0.4) is 0 Å². The van der Waals surface area contributed by atoms with Gasteiger partial charge >= 0.3 is 21.4 Å². The molecule has 0 aromatic heterocycles. The van der Waals surface area contributed by atoms with Crippen molar-refractivity contribution in [2.24, 2.45) is 0 Å². The first-order valence-electron chi connectivity index (χ1n) is 6.26. The van der Waals surface area contributed by atoms with Crippen molar-refractivity contribution < 1.29 is 13.7 Å². The minimum Gasteiger partial charge on any atom is -0.453 e. The van der Waals surface area contributed by atoms with Gasteiger partial charge in [0.2, 0.25) is 0 Å². The van der Waals surface area contributed by atoms with Gasteiger partial charge in [-0.05, 0) is 19.0 Å². The number of hydrogen-bond acceptors (Lipinski definition) is 3. The maximum absolute atomic E-state index is 5.70. The fourth-order valence-electron chi connectivity index (χ4n) is 1.72. The second-order valence-electron chi connectivity index (χ2n) is 4.06. The molecule has 0 aromatic carbocycles. The summed E-state index contributed by atoms with van der Waals surface area (Å²) in [6, 6.07) is 0. The van der Waals surface area contributed by atoms with Crippen molar-refractivity contribution in [2.45, 2.75) is 59.0 Å². The van der Waals surface area contributed by atoms with E-state index in [0.717, 1.165) is 38.2 Å². The lowest BCUT2D eigenvalue weighted by molar-refractivity contribution is 0.277. The summed E-state index contributed by atoms with van der Waals surface area (Å²) < 4.78 is 17.1. The van der Waals surface area contributed by atoms with Crippen LogP contribution in [0.5, 0.6) is 0 Å². The molecule has 15 heavy (non-hydrogen) atoms. The summed E-state index contributed by atoms with van der Waals surface area (Å²) in [5.74, 6) is 0. The van der Waals surface area contributed by atoms with Crippen LogP contribution in [-0.2, 0) is 13.7 Å². The summed E-state index contributed by atoms with van der Waals surface area (Å²) in [5.41, 5.74) is 0. The van der Waals surface area contributed by atoms with Crippen LogP contribution >= 0.6 is 0 Å². The van der Waals surface area contributed by atoms with E-state index in [2.05, 4.69) is 20.8 Å². The molecule has 1 aliphatic rings. The molecule has 1 saturated heterocycles. The molecule has 0 saturated carbocycles. The first-order chi connectivity index (χ1) is 7.30. The Labute approximate surface area is 94.7 Å². The average molecular weight is 210 g/mol. The van der Waals surface area contributed by atoms with E-state index in [1.165, 1.54) is 0 Å².